The lowest BCUT2D eigenvalue weighted by atomic mass is 10.5. The molecule has 3 nitrogen and oxygen atoms in total. The molecule has 1 aromatic rings. The first-order valence-corrected chi connectivity index (χ1v) is 8.05. The van der Waals surface area contributed by atoms with Crippen LogP contribution in [0.15, 0.2) is 16.3 Å². The summed E-state index contributed by atoms with van der Waals surface area (Å²) < 4.78 is 26.0. The van der Waals surface area contributed by atoms with E-state index >= 15 is 0 Å². The van der Waals surface area contributed by atoms with Gasteiger partial charge in [0.15, 0.2) is 0 Å². The lowest BCUT2D eigenvalue weighted by Crippen LogP contribution is -2.31. The minimum Gasteiger partial charge on any atom is -0.207 e. The number of sulfonamides is 1. The Labute approximate surface area is 106 Å². The molecule has 1 heterocycles. The van der Waals surface area contributed by atoms with Crippen LogP contribution in [0.3, 0.4) is 0 Å². The average Bonchev–Trinajstić information content (AvgIpc) is 2.74. The van der Waals surface area contributed by atoms with E-state index in [1.165, 1.54) is 15.6 Å². The summed E-state index contributed by atoms with van der Waals surface area (Å²) in [7, 11) is -3.35. The van der Waals surface area contributed by atoms with Gasteiger partial charge >= 0.3 is 0 Å². The Hall–Kier alpha value is -0.100. The smallest absolute Gasteiger partial charge is 0.207 e. The summed E-state index contributed by atoms with van der Waals surface area (Å²) in [5.74, 6) is 0.246. The fourth-order valence-electron chi connectivity index (χ4n) is 1.49. The molecule has 0 bridgehead atoms. The number of nitrogens with zero attached hydrogens (tertiary/aromatic N) is 1. The Kier molecular flexibility index (Phi) is 5.24. The predicted molar refractivity (Wildman–Crippen MR) is 68.6 cm³/mol. The van der Waals surface area contributed by atoms with Crippen molar-refractivity contribution in [1.82, 2.24) is 4.31 Å². The highest BCUT2D eigenvalue weighted by Crippen LogP contribution is 2.26. The molecule has 0 aliphatic heterocycles. The molecular weight excluding hydrogens is 266 g/mol. The Morgan fingerprint density at radius 2 is 2.12 bits per heavy atom. The topological polar surface area (TPSA) is 37.4 Å². The molecule has 0 aliphatic rings. The van der Waals surface area contributed by atoms with Gasteiger partial charge in [0.2, 0.25) is 10.0 Å². The van der Waals surface area contributed by atoms with Crippen LogP contribution in [0.5, 0.6) is 0 Å². The molecule has 16 heavy (non-hydrogen) atoms. The molecule has 6 heteroatoms. The fourth-order valence-corrected chi connectivity index (χ4v) is 4.71. The van der Waals surface area contributed by atoms with Gasteiger partial charge < -0.3 is 0 Å². The van der Waals surface area contributed by atoms with E-state index in [4.69, 9.17) is 11.6 Å². The molecule has 0 spiro atoms. The second kappa shape index (κ2) is 6.00. The minimum absolute atomic E-state index is 0.246. The van der Waals surface area contributed by atoms with Gasteiger partial charge in [-0.3, -0.25) is 0 Å². The van der Waals surface area contributed by atoms with Crippen LogP contribution in [0.4, 0.5) is 0 Å². The molecule has 0 radical (unpaired) electrons. The second-order valence-corrected chi connectivity index (χ2v) is 6.51. The first-order valence-electron chi connectivity index (χ1n) is 5.20. The first-order chi connectivity index (χ1) is 7.57. The summed E-state index contributed by atoms with van der Waals surface area (Å²) in [6.45, 7) is 4.86. The van der Waals surface area contributed by atoms with E-state index in [0.717, 1.165) is 11.3 Å². The van der Waals surface area contributed by atoms with Crippen molar-refractivity contribution < 1.29 is 8.42 Å². The van der Waals surface area contributed by atoms with E-state index in [2.05, 4.69) is 0 Å². The molecule has 0 saturated carbocycles. The molecule has 0 unspecified atom stereocenters. The second-order valence-electron chi connectivity index (χ2n) is 3.34. The van der Waals surface area contributed by atoms with E-state index in [1.807, 2.05) is 13.8 Å². The summed E-state index contributed by atoms with van der Waals surface area (Å²) in [6.07, 6.45) is 0.813. The maximum absolute atomic E-state index is 12.3. The van der Waals surface area contributed by atoms with Crippen molar-refractivity contribution in [2.24, 2.45) is 0 Å². The zero-order valence-electron chi connectivity index (χ0n) is 9.44. The number of rotatable bonds is 6. The van der Waals surface area contributed by atoms with Crippen LogP contribution >= 0.6 is 22.9 Å². The molecule has 0 saturated heterocycles. The molecule has 0 aromatic carbocycles. The number of thiophene rings is 1. The minimum atomic E-state index is -3.35. The van der Waals surface area contributed by atoms with Crippen LogP contribution in [0.2, 0.25) is 0 Å². The Balaban J connectivity index is 3.09. The normalized spacial score (nSPS) is 12.2. The first kappa shape index (κ1) is 14.0. The highest BCUT2D eigenvalue weighted by molar-refractivity contribution is 7.89. The van der Waals surface area contributed by atoms with E-state index < -0.39 is 10.0 Å². The number of alkyl halides is 1. The molecule has 1 rings (SSSR count). The quantitative estimate of drug-likeness (QED) is 0.752. The van der Waals surface area contributed by atoms with Gasteiger partial charge in [-0.2, -0.15) is 4.31 Å². The van der Waals surface area contributed by atoms with Crippen LogP contribution in [-0.2, 0) is 15.9 Å². The predicted octanol–water partition coefficient (Wildman–Crippen LogP) is 2.91. The van der Waals surface area contributed by atoms with Crippen molar-refractivity contribution in [3.05, 3.63) is 16.3 Å². The molecular formula is C10H16ClNO2S2. The lowest BCUT2D eigenvalue weighted by Gasteiger charge is -2.19. The molecule has 0 fully saturated rings. The third-order valence-corrected chi connectivity index (χ3v) is 5.80. The van der Waals surface area contributed by atoms with Crippen molar-refractivity contribution in [3.63, 3.8) is 0 Å². The summed E-state index contributed by atoms with van der Waals surface area (Å²) in [6, 6.07) is 1.63. The summed E-state index contributed by atoms with van der Waals surface area (Å²) in [5.41, 5.74) is 0. The van der Waals surface area contributed by atoms with Crippen LogP contribution < -0.4 is 0 Å². The summed E-state index contributed by atoms with van der Waals surface area (Å²) >= 11 is 7.12. The van der Waals surface area contributed by atoms with E-state index in [1.54, 1.807) is 11.4 Å². The van der Waals surface area contributed by atoms with Crippen LogP contribution in [-0.4, -0.2) is 25.8 Å². The average molecular weight is 282 g/mol. The molecule has 92 valence electrons. The molecule has 0 atom stereocenters. The number of hydrogen-bond donors (Lipinski definition) is 0. The van der Waals surface area contributed by atoms with Gasteiger partial charge in [-0.1, -0.05) is 13.8 Å². The third kappa shape index (κ3) is 2.77. The Morgan fingerprint density at radius 3 is 2.62 bits per heavy atom. The maximum atomic E-state index is 12.3. The molecule has 0 aliphatic carbocycles. The summed E-state index contributed by atoms with van der Waals surface area (Å²) in [5, 5.41) is 1.77. The molecule has 1 aromatic heterocycles. The van der Waals surface area contributed by atoms with Gasteiger partial charge in [-0.05, 0) is 17.9 Å². The highest BCUT2D eigenvalue weighted by Gasteiger charge is 2.25. The van der Waals surface area contributed by atoms with Gasteiger partial charge in [0.1, 0.15) is 0 Å². The van der Waals surface area contributed by atoms with Crippen LogP contribution in [0, 0.1) is 0 Å². The third-order valence-electron chi connectivity index (χ3n) is 2.27. The van der Waals surface area contributed by atoms with Crippen molar-refractivity contribution >= 4 is 33.0 Å². The van der Waals surface area contributed by atoms with Gasteiger partial charge in [0.05, 0.1) is 10.8 Å². The van der Waals surface area contributed by atoms with Gasteiger partial charge in [-0.15, -0.1) is 22.9 Å². The zero-order valence-corrected chi connectivity index (χ0v) is 11.8. The number of halogens is 1. The monoisotopic (exact) mass is 281 g/mol. The van der Waals surface area contributed by atoms with Gasteiger partial charge in [0.25, 0.3) is 0 Å². The Morgan fingerprint density at radius 1 is 1.44 bits per heavy atom. The van der Waals surface area contributed by atoms with Crippen LogP contribution in [0.25, 0.3) is 0 Å². The largest absolute Gasteiger partial charge is 0.244 e. The van der Waals surface area contributed by atoms with E-state index in [0.29, 0.717) is 18.0 Å². The van der Waals surface area contributed by atoms with Crippen molar-refractivity contribution in [3.8, 4) is 0 Å². The number of hydrogen-bond acceptors (Lipinski definition) is 3. The van der Waals surface area contributed by atoms with E-state index in [9.17, 15) is 8.42 Å². The van der Waals surface area contributed by atoms with Gasteiger partial charge in [0, 0.05) is 18.0 Å². The SMILES string of the molecule is CCCN(CC)S(=O)(=O)c1ccsc1CCl. The molecule has 0 N–H and O–H groups in total. The Bertz CT molecular complexity index is 428. The van der Waals surface area contributed by atoms with Gasteiger partial charge in [-0.25, -0.2) is 8.42 Å². The van der Waals surface area contributed by atoms with Crippen molar-refractivity contribution in [2.45, 2.75) is 31.0 Å². The van der Waals surface area contributed by atoms with Crippen LogP contribution in [0.1, 0.15) is 25.1 Å². The van der Waals surface area contributed by atoms with Crippen molar-refractivity contribution in [1.29, 1.82) is 0 Å². The highest BCUT2D eigenvalue weighted by atomic mass is 35.5. The maximum Gasteiger partial charge on any atom is 0.244 e. The van der Waals surface area contributed by atoms with E-state index in [-0.39, 0.29) is 5.88 Å². The summed E-state index contributed by atoms with van der Waals surface area (Å²) in [4.78, 5) is 1.08. The fraction of sp³-hybridized carbons (Fsp3) is 0.600. The van der Waals surface area contributed by atoms with Crippen molar-refractivity contribution in [2.75, 3.05) is 13.1 Å². The zero-order chi connectivity index (χ0) is 12.2. The standard InChI is InChI=1S/C10H16ClNO2S2/c1-3-6-12(4-2)16(13,14)10-5-7-15-9(10)8-11/h5,7H,3-4,6,8H2,1-2H3. The lowest BCUT2D eigenvalue weighted by molar-refractivity contribution is 0.427. The molecule has 0 amide bonds.